The van der Waals surface area contributed by atoms with Crippen molar-refractivity contribution in [3.63, 3.8) is 0 Å². The molecule has 0 aliphatic carbocycles. The van der Waals surface area contributed by atoms with Crippen molar-refractivity contribution in [2.75, 3.05) is 29.9 Å². The Labute approximate surface area is 173 Å². The number of anilines is 1. The Balaban J connectivity index is 1.39. The maximum atomic E-state index is 12.6. The Morgan fingerprint density at radius 3 is 2.55 bits per heavy atom. The van der Waals surface area contributed by atoms with Crippen LogP contribution in [0.15, 0.2) is 54.0 Å². The predicted molar refractivity (Wildman–Crippen MR) is 114 cm³/mol. The van der Waals surface area contributed by atoms with Gasteiger partial charge in [0.25, 0.3) is 5.91 Å². The normalized spacial score (nSPS) is 16.4. The van der Waals surface area contributed by atoms with E-state index in [0.29, 0.717) is 30.9 Å². The summed E-state index contributed by atoms with van der Waals surface area (Å²) in [5.41, 5.74) is 4.90. The van der Waals surface area contributed by atoms with Gasteiger partial charge in [0.05, 0.1) is 11.5 Å². The molecule has 2 heterocycles. The minimum atomic E-state index is -2.89. The Morgan fingerprint density at radius 2 is 1.86 bits per heavy atom. The maximum absolute atomic E-state index is 12.6. The standard InChI is InChI=1S/C20H20N4O3S2/c25-19(22-18-6-4-16(5-7-18)20-23-21-14-28-20)17-3-1-2-15(12-17)13-24-8-10-29(26,27)11-9-24/h1-7,12,14H,8-11,13H2,(H,22,25). The molecule has 1 N–H and O–H groups in total. The summed E-state index contributed by atoms with van der Waals surface area (Å²) in [5, 5.41) is 11.6. The molecule has 29 heavy (non-hydrogen) atoms. The molecule has 1 saturated heterocycles. The van der Waals surface area contributed by atoms with Crippen molar-refractivity contribution >= 4 is 32.8 Å². The zero-order valence-electron chi connectivity index (χ0n) is 15.6. The van der Waals surface area contributed by atoms with Crippen LogP contribution < -0.4 is 5.32 Å². The van der Waals surface area contributed by atoms with E-state index in [2.05, 4.69) is 20.4 Å². The molecular weight excluding hydrogens is 408 g/mol. The topological polar surface area (TPSA) is 92.3 Å². The maximum Gasteiger partial charge on any atom is 0.255 e. The summed E-state index contributed by atoms with van der Waals surface area (Å²) >= 11 is 1.46. The summed E-state index contributed by atoms with van der Waals surface area (Å²) in [6, 6.07) is 14.9. The molecule has 4 rings (SSSR count). The molecular formula is C20H20N4O3S2. The van der Waals surface area contributed by atoms with Crippen LogP contribution in [0, 0.1) is 0 Å². The first-order chi connectivity index (χ1) is 14.0. The lowest BCUT2D eigenvalue weighted by Gasteiger charge is -2.26. The molecule has 0 atom stereocenters. The van der Waals surface area contributed by atoms with E-state index in [9.17, 15) is 13.2 Å². The molecule has 0 unspecified atom stereocenters. The fourth-order valence-electron chi connectivity index (χ4n) is 3.18. The monoisotopic (exact) mass is 428 g/mol. The summed E-state index contributed by atoms with van der Waals surface area (Å²) in [6.07, 6.45) is 0. The molecule has 1 amide bonds. The number of sulfone groups is 1. The Kier molecular flexibility index (Phi) is 5.70. The number of rotatable bonds is 5. The smallest absolute Gasteiger partial charge is 0.255 e. The number of nitrogens with zero attached hydrogens (tertiary/aromatic N) is 3. The molecule has 7 nitrogen and oxygen atoms in total. The summed E-state index contributed by atoms with van der Waals surface area (Å²) in [6.45, 7) is 1.69. The van der Waals surface area contributed by atoms with Crippen LogP contribution in [0.25, 0.3) is 10.6 Å². The number of hydrogen-bond acceptors (Lipinski definition) is 7. The molecule has 150 valence electrons. The van der Waals surface area contributed by atoms with Crippen LogP contribution in [-0.4, -0.2) is 54.0 Å². The third-order valence-corrected chi connectivity index (χ3v) is 7.13. The van der Waals surface area contributed by atoms with Gasteiger partial charge in [-0.2, -0.15) is 0 Å². The molecule has 1 aliphatic rings. The Morgan fingerprint density at radius 1 is 1.10 bits per heavy atom. The summed E-state index contributed by atoms with van der Waals surface area (Å²) in [7, 11) is -2.89. The highest BCUT2D eigenvalue weighted by Crippen LogP contribution is 2.22. The van der Waals surface area contributed by atoms with Gasteiger partial charge < -0.3 is 5.32 Å². The lowest BCUT2D eigenvalue weighted by molar-refractivity contribution is 0.102. The van der Waals surface area contributed by atoms with Gasteiger partial charge in [-0.25, -0.2) is 8.42 Å². The van der Waals surface area contributed by atoms with E-state index in [1.54, 1.807) is 11.6 Å². The largest absolute Gasteiger partial charge is 0.322 e. The van der Waals surface area contributed by atoms with Crippen LogP contribution in [0.4, 0.5) is 5.69 Å². The second kappa shape index (κ2) is 8.40. The zero-order chi connectivity index (χ0) is 20.3. The van der Waals surface area contributed by atoms with Crippen LogP contribution in [0.3, 0.4) is 0 Å². The second-order valence-corrected chi connectivity index (χ2v) is 10.0. The van der Waals surface area contributed by atoms with Gasteiger partial charge in [0.1, 0.15) is 10.5 Å². The first kappa shape index (κ1) is 19.7. The molecule has 1 aromatic heterocycles. The van der Waals surface area contributed by atoms with Gasteiger partial charge >= 0.3 is 0 Å². The SMILES string of the molecule is O=C(Nc1ccc(-c2nncs2)cc1)c1cccc(CN2CCS(=O)(=O)CC2)c1. The third-order valence-electron chi connectivity index (χ3n) is 4.78. The van der Waals surface area contributed by atoms with Crippen LogP contribution in [-0.2, 0) is 16.4 Å². The quantitative estimate of drug-likeness (QED) is 0.672. The van der Waals surface area contributed by atoms with Crippen molar-refractivity contribution in [1.29, 1.82) is 0 Å². The van der Waals surface area contributed by atoms with Gasteiger partial charge in [-0.1, -0.05) is 23.5 Å². The Hall–Kier alpha value is -2.62. The summed E-state index contributed by atoms with van der Waals surface area (Å²) < 4.78 is 23.1. The fourth-order valence-corrected chi connectivity index (χ4v) is 5.01. The number of nitrogens with one attached hydrogen (secondary N) is 1. The van der Waals surface area contributed by atoms with E-state index >= 15 is 0 Å². The second-order valence-electron chi connectivity index (χ2n) is 6.90. The average molecular weight is 429 g/mol. The van der Waals surface area contributed by atoms with E-state index in [1.165, 1.54) is 11.3 Å². The van der Waals surface area contributed by atoms with Crippen molar-refractivity contribution in [2.24, 2.45) is 0 Å². The fraction of sp³-hybridized carbons (Fsp3) is 0.250. The van der Waals surface area contributed by atoms with Gasteiger partial charge in [0.2, 0.25) is 0 Å². The predicted octanol–water partition coefficient (Wildman–Crippen LogP) is 2.69. The van der Waals surface area contributed by atoms with Gasteiger partial charge in [-0.15, -0.1) is 10.2 Å². The van der Waals surface area contributed by atoms with E-state index in [1.807, 2.05) is 42.5 Å². The molecule has 9 heteroatoms. The van der Waals surface area contributed by atoms with Crippen LogP contribution >= 0.6 is 11.3 Å². The minimum absolute atomic E-state index is 0.184. The number of benzene rings is 2. The van der Waals surface area contributed by atoms with Gasteiger partial charge in [-0.05, 0) is 42.0 Å². The lowest BCUT2D eigenvalue weighted by Crippen LogP contribution is -2.39. The first-order valence-corrected chi connectivity index (χ1v) is 11.9. The highest BCUT2D eigenvalue weighted by atomic mass is 32.2. The highest BCUT2D eigenvalue weighted by molar-refractivity contribution is 7.91. The van der Waals surface area contributed by atoms with Crippen molar-refractivity contribution in [3.8, 4) is 10.6 Å². The average Bonchev–Trinajstić information content (AvgIpc) is 3.25. The number of carbonyl (C=O) groups is 1. The van der Waals surface area contributed by atoms with E-state index in [0.717, 1.165) is 16.1 Å². The molecule has 0 radical (unpaired) electrons. The van der Waals surface area contributed by atoms with E-state index in [-0.39, 0.29) is 17.4 Å². The zero-order valence-corrected chi connectivity index (χ0v) is 17.2. The van der Waals surface area contributed by atoms with E-state index in [4.69, 9.17) is 0 Å². The molecule has 0 bridgehead atoms. The van der Waals surface area contributed by atoms with Crippen LogP contribution in [0.5, 0.6) is 0 Å². The van der Waals surface area contributed by atoms with Gasteiger partial charge in [-0.3, -0.25) is 9.69 Å². The number of amides is 1. The summed E-state index contributed by atoms with van der Waals surface area (Å²) in [4.78, 5) is 14.7. The Bertz CT molecular complexity index is 1080. The van der Waals surface area contributed by atoms with Crippen molar-refractivity contribution < 1.29 is 13.2 Å². The summed E-state index contributed by atoms with van der Waals surface area (Å²) in [5.74, 6) is 0.206. The van der Waals surface area contributed by atoms with Crippen molar-refractivity contribution in [1.82, 2.24) is 15.1 Å². The molecule has 0 spiro atoms. The number of carbonyl (C=O) groups excluding carboxylic acids is 1. The van der Waals surface area contributed by atoms with Crippen LogP contribution in [0.1, 0.15) is 15.9 Å². The van der Waals surface area contributed by atoms with Gasteiger partial charge in [0.15, 0.2) is 9.84 Å². The minimum Gasteiger partial charge on any atom is -0.322 e. The first-order valence-electron chi connectivity index (χ1n) is 9.18. The number of hydrogen-bond donors (Lipinski definition) is 1. The molecule has 0 saturated carbocycles. The lowest BCUT2D eigenvalue weighted by atomic mass is 10.1. The molecule has 1 aliphatic heterocycles. The van der Waals surface area contributed by atoms with Crippen molar-refractivity contribution in [2.45, 2.75) is 6.54 Å². The number of aromatic nitrogens is 2. The van der Waals surface area contributed by atoms with E-state index < -0.39 is 9.84 Å². The highest BCUT2D eigenvalue weighted by Gasteiger charge is 2.21. The molecule has 2 aromatic carbocycles. The van der Waals surface area contributed by atoms with Crippen LogP contribution in [0.2, 0.25) is 0 Å². The molecule has 3 aromatic rings. The third kappa shape index (κ3) is 5.06. The van der Waals surface area contributed by atoms with Crippen molar-refractivity contribution in [3.05, 3.63) is 65.2 Å². The molecule has 1 fully saturated rings. The van der Waals surface area contributed by atoms with Gasteiger partial charge in [0, 0.05) is 36.4 Å².